The van der Waals surface area contributed by atoms with Gasteiger partial charge in [-0.25, -0.2) is 14.8 Å². The van der Waals surface area contributed by atoms with Crippen LogP contribution in [-0.4, -0.2) is 68.6 Å². The third kappa shape index (κ3) is 6.60. The monoisotopic (exact) mass is 499 g/mol. The van der Waals surface area contributed by atoms with Crippen LogP contribution in [0.15, 0.2) is 30.6 Å². The van der Waals surface area contributed by atoms with Crippen molar-refractivity contribution in [2.45, 2.75) is 52.2 Å². The Morgan fingerprint density at radius 2 is 1.94 bits per heavy atom. The smallest absolute Gasteiger partial charge is 0.415 e. The molecule has 3 aromatic rings. The first-order chi connectivity index (χ1) is 16.8. The van der Waals surface area contributed by atoms with E-state index in [2.05, 4.69) is 25.7 Å². The topological polar surface area (TPSA) is 143 Å². The number of hydrogen-bond donors (Lipinski definition) is 3. The van der Waals surface area contributed by atoms with E-state index in [0.29, 0.717) is 29.6 Å². The molecule has 3 heterocycles. The van der Waals surface area contributed by atoms with E-state index < -0.39 is 23.2 Å². The van der Waals surface area contributed by atoms with Gasteiger partial charge in [0.1, 0.15) is 28.5 Å². The van der Waals surface area contributed by atoms with Gasteiger partial charge in [0.15, 0.2) is 5.65 Å². The number of rotatable bonds is 8. The second kappa shape index (κ2) is 10.4. The molecule has 0 fully saturated rings. The summed E-state index contributed by atoms with van der Waals surface area (Å²) in [6.45, 7) is 8.90. The molecule has 0 aromatic carbocycles. The van der Waals surface area contributed by atoms with E-state index in [9.17, 15) is 14.7 Å². The Balaban J connectivity index is 2.04. The van der Waals surface area contributed by atoms with Crippen LogP contribution in [0.1, 0.15) is 51.4 Å². The molecule has 3 rings (SSSR count). The van der Waals surface area contributed by atoms with Crippen molar-refractivity contribution in [2.75, 3.05) is 30.9 Å². The molecule has 12 heteroatoms. The Kier molecular flexibility index (Phi) is 7.68. The molecular weight excluding hydrogens is 466 g/mol. The van der Waals surface area contributed by atoms with E-state index in [-0.39, 0.29) is 17.8 Å². The summed E-state index contributed by atoms with van der Waals surface area (Å²) < 4.78 is 12.2. The number of methoxy groups -OCH3 is 1. The fourth-order valence-electron chi connectivity index (χ4n) is 3.20. The van der Waals surface area contributed by atoms with Crippen molar-refractivity contribution >= 4 is 35.0 Å². The van der Waals surface area contributed by atoms with Gasteiger partial charge in [-0.3, -0.25) is 9.69 Å². The summed E-state index contributed by atoms with van der Waals surface area (Å²) >= 11 is 0. The van der Waals surface area contributed by atoms with E-state index in [1.54, 1.807) is 66.1 Å². The SMILES string of the molecule is COc1ncccc1Nc1cc(N(C)C(=O)OC(C)(C)C)n2ncc(C(=O)NCCC(C)(C)O)c2n1. The molecule has 0 spiro atoms. The molecule has 0 aliphatic rings. The molecule has 0 unspecified atom stereocenters. The third-order valence-corrected chi connectivity index (χ3v) is 4.96. The number of ether oxygens (including phenoxy) is 2. The maximum absolute atomic E-state index is 12.9. The summed E-state index contributed by atoms with van der Waals surface area (Å²) in [7, 11) is 3.04. The summed E-state index contributed by atoms with van der Waals surface area (Å²) in [5.74, 6) is 0.573. The third-order valence-electron chi connectivity index (χ3n) is 4.96. The Bertz CT molecular complexity index is 1240. The standard InChI is InChI=1S/C24H33N7O5/c1-23(2,3)36-22(33)30(6)18-13-17(28-16-9-8-11-26-21(16)35-7)29-19-15(14-27-31(18)19)20(32)25-12-10-24(4,5)34/h8-9,11,13-14,34H,10,12H2,1-7H3,(H,25,32)(H,28,29). The summed E-state index contributed by atoms with van der Waals surface area (Å²) in [6, 6.07) is 5.10. The zero-order valence-corrected chi connectivity index (χ0v) is 21.6. The molecule has 194 valence electrons. The largest absolute Gasteiger partial charge is 0.480 e. The zero-order chi connectivity index (χ0) is 26.7. The van der Waals surface area contributed by atoms with Gasteiger partial charge in [0.05, 0.1) is 18.9 Å². The van der Waals surface area contributed by atoms with Gasteiger partial charge in [-0.05, 0) is 53.2 Å². The first-order valence-electron chi connectivity index (χ1n) is 11.4. The zero-order valence-electron chi connectivity index (χ0n) is 21.6. The normalized spacial score (nSPS) is 11.8. The minimum absolute atomic E-state index is 0.200. The van der Waals surface area contributed by atoms with E-state index in [4.69, 9.17) is 9.47 Å². The number of nitrogens with zero attached hydrogens (tertiary/aromatic N) is 5. The van der Waals surface area contributed by atoms with Crippen molar-refractivity contribution in [3.8, 4) is 5.88 Å². The van der Waals surface area contributed by atoms with E-state index in [1.165, 1.54) is 22.7 Å². The average molecular weight is 500 g/mol. The van der Waals surface area contributed by atoms with Crippen LogP contribution in [0.2, 0.25) is 0 Å². The molecule has 3 aromatic heterocycles. The molecule has 0 saturated carbocycles. The van der Waals surface area contributed by atoms with Crippen LogP contribution in [0, 0.1) is 0 Å². The van der Waals surface area contributed by atoms with Crippen molar-refractivity contribution in [1.82, 2.24) is 24.9 Å². The second-order valence-electron chi connectivity index (χ2n) is 9.84. The van der Waals surface area contributed by atoms with Crippen LogP contribution in [0.25, 0.3) is 5.65 Å². The van der Waals surface area contributed by atoms with Crippen LogP contribution < -0.4 is 20.3 Å². The Labute approximate surface area is 209 Å². The molecule has 0 aliphatic carbocycles. The van der Waals surface area contributed by atoms with Crippen molar-refractivity contribution in [1.29, 1.82) is 0 Å². The second-order valence-corrected chi connectivity index (χ2v) is 9.84. The first-order valence-corrected chi connectivity index (χ1v) is 11.4. The van der Waals surface area contributed by atoms with Gasteiger partial charge < -0.3 is 25.2 Å². The predicted molar refractivity (Wildman–Crippen MR) is 135 cm³/mol. The molecule has 12 nitrogen and oxygen atoms in total. The molecular formula is C24H33N7O5. The maximum atomic E-state index is 12.9. The number of pyridine rings is 1. The lowest BCUT2D eigenvalue weighted by Crippen LogP contribution is -2.35. The maximum Gasteiger partial charge on any atom is 0.415 e. The number of hydrogen-bond acceptors (Lipinski definition) is 9. The fourth-order valence-corrected chi connectivity index (χ4v) is 3.20. The highest BCUT2D eigenvalue weighted by molar-refractivity contribution is 6.00. The van der Waals surface area contributed by atoms with E-state index in [1.807, 2.05) is 0 Å². The van der Waals surface area contributed by atoms with Crippen molar-refractivity contribution in [3.05, 3.63) is 36.2 Å². The number of aliphatic hydroxyl groups is 1. The number of aromatic nitrogens is 4. The van der Waals surface area contributed by atoms with Crippen LogP contribution in [0.5, 0.6) is 5.88 Å². The van der Waals surface area contributed by atoms with Crippen molar-refractivity contribution in [3.63, 3.8) is 0 Å². The first kappa shape index (κ1) is 26.7. The fraction of sp³-hybridized carbons (Fsp3) is 0.458. The van der Waals surface area contributed by atoms with Crippen LogP contribution >= 0.6 is 0 Å². The summed E-state index contributed by atoms with van der Waals surface area (Å²) in [4.78, 5) is 35.8. The van der Waals surface area contributed by atoms with Crippen molar-refractivity contribution in [2.24, 2.45) is 0 Å². The van der Waals surface area contributed by atoms with Gasteiger partial charge in [0.2, 0.25) is 5.88 Å². The van der Waals surface area contributed by atoms with Gasteiger partial charge in [0.25, 0.3) is 5.91 Å². The lowest BCUT2D eigenvalue weighted by Gasteiger charge is -2.25. The molecule has 3 N–H and O–H groups in total. The number of amides is 2. The highest BCUT2D eigenvalue weighted by atomic mass is 16.6. The van der Waals surface area contributed by atoms with E-state index >= 15 is 0 Å². The average Bonchev–Trinajstić information content (AvgIpc) is 3.20. The number of carbonyl (C=O) groups is 2. The number of anilines is 3. The number of carbonyl (C=O) groups excluding carboxylic acids is 2. The van der Waals surface area contributed by atoms with Gasteiger partial charge in [-0.15, -0.1) is 0 Å². The van der Waals surface area contributed by atoms with Gasteiger partial charge >= 0.3 is 6.09 Å². The minimum atomic E-state index is -0.921. The highest BCUT2D eigenvalue weighted by Crippen LogP contribution is 2.28. The highest BCUT2D eigenvalue weighted by Gasteiger charge is 2.25. The quantitative estimate of drug-likeness (QED) is 0.426. The molecule has 0 aliphatic heterocycles. The summed E-state index contributed by atoms with van der Waals surface area (Å²) in [5.41, 5.74) is -0.675. The van der Waals surface area contributed by atoms with Crippen molar-refractivity contribution < 1.29 is 24.2 Å². The Hall–Kier alpha value is -3.93. The van der Waals surface area contributed by atoms with Gasteiger partial charge in [-0.1, -0.05) is 0 Å². The molecule has 0 radical (unpaired) electrons. The minimum Gasteiger partial charge on any atom is -0.480 e. The lowest BCUT2D eigenvalue weighted by molar-refractivity contribution is 0.0586. The van der Waals surface area contributed by atoms with Gasteiger partial charge in [0, 0.05) is 25.9 Å². The lowest BCUT2D eigenvalue weighted by atomic mass is 10.1. The molecule has 0 saturated heterocycles. The van der Waals surface area contributed by atoms with E-state index in [0.717, 1.165) is 0 Å². The number of fused-ring (bicyclic) bond motifs is 1. The molecule has 36 heavy (non-hydrogen) atoms. The summed E-state index contributed by atoms with van der Waals surface area (Å²) in [5, 5.41) is 20.1. The van der Waals surface area contributed by atoms with Gasteiger partial charge in [-0.2, -0.15) is 9.61 Å². The summed E-state index contributed by atoms with van der Waals surface area (Å²) in [6.07, 6.45) is 2.73. The molecule has 0 atom stereocenters. The molecule has 2 amide bonds. The Morgan fingerprint density at radius 1 is 1.22 bits per heavy atom. The Morgan fingerprint density at radius 3 is 2.58 bits per heavy atom. The predicted octanol–water partition coefficient (Wildman–Crippen LogP) is 3.14. The van der Waals surface area contributed by atoms with Crippen LogP contribution in [-0.2, 0) is 4.74 Å². The molecule has 0 bridgehead atoms. The number of nitrogens with one attached hydrogen (secondary N) is 2. The van der Waals surface area contributed by atoms with Crippen LogP contribution in [0.4, 0.5) is 22.1 Å². The van der Waals surface area contributed by atoms with Crippen LogP contribution in [0.3, 0.4) is 0 Å².